The summed E-state index contributed by atoms with van der Waals surface area (Å²) >= 11 is 0. The zero-order valence-corrected chi connectivity index (χ0v) is 7.44. The monoisotopic (exact) mass is 179 g/mol. The van der Waals surface area contributed by atoms with Gasteiger partial charge >= 0.3 is 0 Å². The highest BCUT2D eigenvalue weighted by atomic mass is 14.8. The van der Waals surface area contributed by atoms with E-state index >= 15 is 0 Å². The van der Waals surface area contributed by atoms with E-state index in [1.165, 1.54) is 5.39 Å². The first kappa shape index (κ1) is 7.44. The predicted octanol–water partition coefficient (Wildman–Crippen LogP) is 2.58. The van der Waals surface area contributed by atoms with Crippen LogP contribution in [-0.4, -0.2) is 9.97 Å². The zero-order valence-electron chi connectivity index (χ0n) is 7.44. The van der Waals surface area contributed by atoms with Gasteiger partial charge in [0.15, 0.2) is 0 Å². The van der Waals surface area contributed by atoms with Gasteiger partial charge in [-0.3, -0.25) is 0 Å². The maximum Gasteiger partial charge on any atom is 0.116 e. The van der Waals surface area contributed by atoms with Crippen molar-refractivity contribution in [2.75, 3.05) is 0 Å². The van der Waals surface area contributed by atoms with Crippen molar-refractivity contribution in [2.24, 2.45) is 0 Å². The van der Waals surface area contributed by atoms with E-state index in [1.807, 2.05) is 24.4 Å². The topological polar surface area (TPSA) is 25.8 Å². The summed E-state index contributed by atoms with van der Waals surface area (Å²) in [5.74, 6) is 0. The molecule has 0 spiro atoms. The number of hydrogen-bond donors (Lipinski definition) is 0. The lowest BCUT2D eigenvalue weighted by Gasteiger charge is -1.98. The van der Waals surface area contributed by atoms with Crippen LogP contribution in [0.3, 0.4) is 0 Å². The lowest BCUT2D eigenvalue weighted by atomic mass is 10.1. The van der Waals surface area contributed by atoms with Crippen molar-refractivity contribution in [3.63, 3.8) is 0 Å². The number of nitrogens with zero attached hydrogens (tertiary/aromatic N) is 2. The van der Waals surface area contributed by atoms with Crippen molar-refractivity contribution in [3.8, 4) is 0 Å². The van der Waals surface area contributed by atoms with Crippen molar-refractivity contribution >= 4 is 21.7 Å². The van der Waals surface area contributed by atoms with E-state index < -0.39 is 0 Å². The van der Waals surface area contributed by atoms with Gasteiger partial charge in [-0.25, -0.2) is 9.97 Å². The molecule has 1 radical (unpaired) electrons. The van der Waals surface area contributed by atoms with Gasteiger partial charge < -0.3 is 0 Å². The van der Waals surface area contributed by atoms with Crippen LogP contribution in [-0.2, 0) is 0 Å². The molecule has 0 saturated heterocycles. The predicted molar refractivity (Wildman–Crippen MR) is 55.9 cm³/mol. The molecule has 65 valence electrons. The third-order valence-corrected chi connectivity index (χ3v) is 2.27. The van der Waals surface area contributed by atoms with Crippen LogP contribution in [0.15, 0.2) is 42.9 Å². The third-order valence-electron chi connectivity index (χ3n) is 2.27. The number of rotatable bonds is 0. The van der Waals surface area contributed by atoms with Gasteiger partial charge in [0.1, 0.15) is 6.33 Å². The molecule has 2 heteroatoms. The SMILES string of the molecule is [c]1c2ccccc2cc2cncnc12. The van der Waals surface area contributed by atoms with E-state index in [1.54, 1.807) is 6.33 Å². The first-order valence-electron chi connectivity index (χ1n) is 4.44. The summed E-state index contributed by atoms with van der Waals surface area (Å²) in [7, 11) is 0. The molecule has 0 aliphatic rings. The minimum Gasteiger partial charge on any atom is -0.244 e. The second-order valence-electron chi connectivity index (χ2n) is 3.18. The van der Waals surface area contributed by atoms with Crippen LogP contribution in [0.25, 0.3) is 21.7 Å². The van der Waals surface area contributed by atoms with Gasteiger partial charge in [0, 0.05) is 17.6 Å². The molecule has 0 N–H and O–H groups in total. The van der Waals surface area contributed by atoms with Gasteiger partial charge in [-0.05, 0) is 16.8 Å². The van der Waals surface area contributed by atoms with Crippen LogP contribution in [0.5, 0.6) is 0 Å². The van der Waals surface area contributed by atoms with E-state index in [0.29, 0.717) is 0 Å². The average Bonchev–Trinajstić information content (AvgIpc) is 2.26. The summed E-state index contributed by atoms with van der Waals surface area (Å²) in [5.41, 5.74) is 0.874. The van der Waals surface area contributed by atoms with E-state index in [2.05, 4.69) is 28.2 Å². The molecular weight excluding hydrogens is 172 g/mol. The normalized spacial score (nSPS) is 10.9. The number of hydrogen-bond acceptors (Lipinski definition) is 2. The summed E-state index contributed by atoms with van der Waals surface area (Å²) in [6.45, 7) is 0. The Morgan fingerprint density at radius 1 is 1.07 bits per heavy atom. The summed E-state index contributed by atoms with van der Waals surface area (Å²) < 4.78 is 0. The number of fused-ring (bicyclic) bond motifs is 2. The Bertz CT molecular complexity index is 497. The van der Waals surface area contributed by atoms with Crippen molar-refractivity contribution in [1.29, 1.82) is 0 Å². The summed E-state index contributed by atoms with van der Waals surface area (Å²) in [4.78, 5) is 8.15. The molecule has 1 heterocycles. The van der Waals surface area contributed by atoms with Gasteiger partial charge in [0.25, 0.3) is 0 Å². The van der Waals surface area contributed by atoms with Gasteiger partial charge in [0.2, 0.25) is 0 Å². The maximum absolute atomic E-state index is 4.16. The van der Waals surface area contributed by atoms with Crippen LogP contribution in [0.4, 0.5) is 0 Å². The number of aromatic nitrogens is 2. The Morgan fingerprint density at radius 2 is 2.00 bits per heavy atom. The molecule has 1 aromatic heterocycles. The van der Waals surface area contributed by atoms with Crippen LogP contribution >= 0.6 is 0 Å². The average molecular weight is 179 g/mol. The Labute approximate surface area is 81.2 Å². The van der Waals surface area contributed by atoms with Crippen molar-refractivity contribution in [2.45, 2.75) is 0 Å². The molecule has 2 nitrogen and oxygen atoms in total. The van der Waals surface area contributed by atoms with Gasteiger partial charge in [-0.1, -0.05) is 24.3 Å². The minimum absolute atomic E-state index is 0.874. The number of benzene rings is 2. The molecule has 0 aliphatic carbocycles. The third kappa shape index (κ3) is 1.04. The molecule has 2 aromatic carbocycles. The summed E-state index contributed by atoms with van der Waals surface area (Å²) in [6.07, 6.45) is 3.36. The second-order valence-corrected chi connectivity index (χ2v) is 3.18. The fourth-order valence-electron chi connectivity index (χ4n) is 1.58. The van der Waals surface area contributed by atoms with Crippen LogP contribution < -0.4 is 0 Å². The molecule has 14 heavy (non-hydrogen) atoms. The summed E-state index contributed by atoms with van der Waals surface area (Å²) in [6, 6.07) is 13.5. The van der Waals surface area contributed by atoms with Gasteiger partial charge in [0.05, 0.1) is 5.52 Å². The fourth-order valence-corrected chi connectivity index (χ4v) is 1.58. The minimum atomic E-state index is 0.874. The smallest absolute Gasteiger partial charge is 0.116 e. The van der Waals surface area contributed by atoms with E-state index in [0.717, 1.165) is 16.3 Å². The highest BCUT2D eigenvalue weighted by Gasteiger charge is 1.97. The first-order valence-corrected chi connectivity index (χ1v) is 4.44. The van der Waals surface area contributed by atoms with Crippen molar-refractivity contribution in [3.05, 3.63) is 48.9 Å². The quantitative estimate of drug-likeness (QED) is 0.496. The molecule has 0 amide bonds. The maximum atomic E-state index is 4.16. The lowest BCUT2D eigenvalue weighted by molar-refractivity contribution is 1.22. The van der Waals surface area contributed by atoms with Crippen LogP contribution in [0, 0.1) is 6.07 Å². The Morgan fingerprint density at radius 3 is 3.00 bits per heavy atom. The van der Waals surface area contributed by atoms with E-state index in [-0.39, 0.29) is 0 Å². The van der Waals surface area contributed by atoms with Gasteiger partial charge in [-0.15, -0.1) is 0 Å². The highest BCUT2D eigenvalue weighted by Crippen LogP contribution is 2.19. The molecule has 0 aliphatic heterocycles. The van der Waals surface area contributed by atoms with Crippen LogP contribution in [0.1, 0.15) is 0 Å². The molecule has 0 bridgehead atoms. The molecule has 0 saturated carbocycles. The largest absolute Gasteiger partial charge is 0.244 e. The standard InChI is InChI=1S/C12H7N2/c1-2-4-10-6-12-11(5-9(10)3-1)7-13-8-14-12/h1-5,7-8H. The molecule has 3 aromatic rings. The van der Waals surface area contributed by atoms with Gasteiger partial charge in [-0.2, -0.15) is 0 Å². The molecule has 0 unspecified atom stereocenters. The molecule has 3 rings (SSSR count). The molecule has 0 atom stereocenters. The fraction of sp³-hybridized carbons (Fsp3) is 0. The second kappa shape index (κ2) is 2.77. The van der Waals surface area contributed by atoms with Crippen molar-refractivity contribution in [1.82, 2.24) is 9.97 Å². The van der Waals surface area contributed by atoms with E-state index in [9.17, 15) is 0 Å². The molecular formula is C12H7N2. The van der Waals surface area contributed by atoms with Crippen molar-refractivity contribution < 1.29 is 0 Å². The Hall–Kier alpha value is -1.96. The Balaban J connectivity index is 2.52. The summed E-state index contributed by atoms with van der Waals surface area (Å²) in [5, 5.41) is 3.31. The first-order chi connectivity index (χ1) is 6.93. The highest BCUT2D eigenvalue weighted by molar-refractivity contribution is 5.95. The zero-order chi connectivity index (χ0) is 9.38. The molecule has 0 fully saturated rings. The Kier molecular flexibility index (Phi) is 1.47. The van der Waals surface area contributed by atoms with E-state index in [4.69, 9.17) is 0 Å². The lowest BCUT2D eigenvalue weighted by Crippen LogP contribution is -1.81. The van der Waals surface area contributed by atoms with Crippen LogP contribution in [0.2, 0.25) is 0 Å².